The van der Waals surface area contributed by atoms with Crippen LogP contribution in [0.15, 0.2) is 53.0 Å². The summed E-state index contributed by atoms with van der Waals surface area (Å²) in [6.45, 7) is 0. The zero-order chi connectivity index (χ0) is 14.1. The topological polar surface area (TPSA) is 38.0 Å². The summed E-state index contributed by atoms with van der Waals surface area (Å²) in [5.41, 5.74) is 5.06. The van der Waals surface area contributed by atoms with Gasteiger partial charge in [0.15, 0.2) is 0 Å². The van der Waals surface area contributed by atoms with Gasteiger partial charge in [-0.15, -0.1) is 0 Å². The molecule has 1 aliphatic rings. The molecule has 0 spiro atoms. The fraction of sp³-hybridized carbons (Fsp3) is 0.250. The van der Waals surface area contributed by atoms with Crippen LogP contribution < -0.4 is 11.3 Å². The Morgan fingerprint density at radius 1 is 1.20 bits per heavy atom. The van der Waals surface area contributed by atoms with Gasteiger partial charge in [-0.05, 0) is 47.6 Å². The van der Waals surface area contributed by atoms with Crippen molar-refractivity contribution in [3.05, 3.63) is 69.9 Å². The van der Waals surface area contributed by atoms with E-state index in [1.54, 1.807) is 12.1 Å². The number of hydrogen-bond acceptors (Lipinski definition) is 2. The van der Waals surface area contributed by atoms with Gasteiger partial charge in [0, 0.05) is 4.47 Å². The minimum absolute atomic E-state index is 0.0368. The summed E-state index contributed by atoms with van der Waals surface area (Å²) in [4.78, 5) is 0. The van der Waals surface area contributed by atoms with Crippen molar-refractivity contribution in [1.82, 2.24) is 5.43 Å². The Labute approximate surface area is 126 Å². The summed E-state index contributed by atoms with van der Waals surface area (Å²) in [5.74, 6) is 6.37. The molecular formula is C16H16BrFN2. The molecule has 2 aromatic rings. The van der Waals surface area contributed by atoms with Gasteiger partial charge in [0.05, 0.1) is 6.04 Å². The molecule has 0 aliphatic heterocycles. The predicted molar refractivity (Wildman–Crippen MR) is 81.5 cm³/mol. The monoisotopic (exact) mass is 334 g/mol. The molecule has 0 amide bonds. The number of halogens is 2. The van der Waals surface area contributed by atoms with Crippen LogP contribution >= 0.6 is 15.9 Å². The molecule has 3 rings (SSSR count). The largest absolute Gasteiger partial charge is 0.271 e. The lowest BCUT2D eigenvalue weighted by Gasteiger charge is -2.18. The summed E-state index contributed by atoms with van der Waals surface area (Å²) >= 11 is 3.48. The molecule has 3 atom stereocenters. The van der Waals surface area contributed by atoms with Crippen molar-refractivity contribution in [3.63, 3.8) is 0 Å². The number of hydrogen-bond donors (Lipinski definition) is 2. The first-order chi connectivity index (χ1) is 9.70. The normalized spacial score (nSPS) is 22.6. The van der Waals surface area contributed by atoms with E-state index >= 15 is 0 Å². The highest BCUT2D eigenvalue weighted by Crippen LogP contribution is 2.54. The third-order valence-electron chi connectivity index (χ3n) is 3.97. The lowest BCUT2D eigenvalue weighted by atomic mass is 9.99. The second kappa shape index (κ2) is 5.64. The zero-order valence-electron chi connectivity index (χ0n) is 10.9. The Morgan fingerprint density at radius 2 is 1.95 bits per heavy atom. The third kappa shape index (κ3) is 2.64. The van der Waals surface area contributed by atoms with Crippen LogP contribution in [-0.2, 0) is 0 Å². The quantitative estimate of drug-likeness (QED) is 0.657. The zero-order valence-corrected chi connectivity index (χ0v) is 12.5. The Bertz CT molecular complexity index is 603. The summed E-state index contributed by atoms with van der Waals surface area (Å²) in [6, 6.07) is 15.1. The Morgan fingerprint density at radius 3 is 2.65 bits per heavy atom. The molecule has 0 radical (unpaired) electrons. The van der Waals surface area contributed by atoms with Gasteiger partial charge in [0.25, 0.3) is 0 Å². The van der Waals surface area contributed by atoms with Gasteiger partial charge in [0.2, 0.25) is 0 Å². The second-order valence-electron chi connectivity index (χ2n) is 5.23. The molecule has 4 heteroatoms. The van der Waals surface area contributed by atoms with E-state index in [0.29, 0.717) is 11.8 Å². The van der Waals surface area contributed by atoms with Gasteiger partial charge in [-0.1, -0.05) is 46.3 Å². The first-order valence-electron chi connectivity index (χ1n) is 6.66. The summed E-state index contributed by atoms with van der Waals surface area (Å²) in [6.07, 6.45) is 1.07. The number of nitrogens with two attached hydrogens (primary N) is 1. The van der Waals surface area contributed by atoms with E-state index in [9.17, 15) is 4.39 Å². The van der Waals surface area contributed by atoms with Crippen molar-refractivity contribution in [3.8, 4) is 0 Å². The molecule has 2 nitrogen and oxygen atoms in total. The van der Waals surface area contributed by atoms with E-state index in [-0.39, 0.29) is 11.9 Å². The predicted octanol–water partition coefficient (Wildman–Crippen LogP) is 3.90. The highest BCUT2D eigenvalue weighted by molar-refractivity contribution is 9.10. The molecule has 1 fully saturated rings. The molecule has 2 aromatic carbocycles. The molecule has 20 heavy (non-hydrogen) atoms. The van der Waals surface area contributed by atoms with Crippen LogP contribution in [0.5, 0.6) is 0 Å². The van der Waals surface area contributed by atoms with Crippen molar-refractivity contribution in [2.45, 2.75) is 18.4 Å². The minimum atomic E-state index is -0.236. The molecule has 3 N–H and O–H groups in total. The van der Waals surface area contributed by atoms with Crippen LogP contribution in [0.25, 0.3) is 0 Å². The van der Waals surface area contributed by atoms with Crippen LogP contribution in [0.2, 0.25) is 0 Å². The molecule has 3 unspecified atom stereocenters. The third-order valence-corrected chi connectivity index (χ3v) is 4.69. The maximum Gasteiger partial charge on any atom is 0.123 e. The number of rotatable bonds is 4. The number of benzene rings is 2. The lowest BCUT2D eigenvalue weighted by Crippen LogP contribution is -2.30. The van der Waals surface area contributed by atoms with E-state index in [1.165, 1.54) is 11.6 Å². The number of hydrazine groups is 1. The summed E-state index contributed by atoms with van der Waals surface area (Å²) < 4.78 is 14.3. The smallest absolute Gasteiger partial charge is 0.123 e. The second-order valence-corrected chi connectivity index (χ2v) is 6.08. The average Bonchev–Trinajstić information content (AvgIpc) is 3.25. The molecule has 104 valence electrons. The van der Waals surface area contributed by atoms with Gasteiger partial charge in [-0.3, -0.25) is 11.3 Å². The van der Waals surface area contributed by atoms with Crippen LogP contribution in [0.1, 0.15) is 29.5 Å². The summed E-state index contributed by atoms with van der Waals surface area (Å²) in [5, 5.41) is 0. The average molecular weight is 335 g/mol. The summed E-state index contributed by atoms with van der Waals surface area (Å²) in [7, 11) is 0. The van der Waals surface area contributed by atoms with Crippen molar-refractivity contribution in [2.75, 3.05) is 0 Å². The van der Waals surface area contributed by atoms with Crippen molar-refractivity contribution in [2.24, 2.45) is 11.8 Å². The van der Waals surface area contributed by atoms with E-state index < -0.39 is 0 Å². The lowest BCUT2D eigenvalue weighted by molar-refractivity contribution is 0.482. The van der Waals surface area contributed by atoms with Gasteiger partial charge in [-0.2, -0.15) is 0 Å². The Hall–Kier alpha value is -1.23. The standard InChI is InChI=1S/C16H16BrFN2/c17-15-7-6-11(18)8-14(15)16(20-19)13-9-12(13)10-4-2-1-3-5-10/h1-8,12-13,16,20H,9,19H2. The maximum atomic E-state index is 13.5. The highest BCUT2D eigenvalue weighted by atomic mass is 79.9. The van der Waals surface area contributed by atoms with Crippen LogP contribution in [0.4, 0.5) is 4.39 Å². The molecular weight excluding hydrogens is 319 g/mol. The maximum absolute atomic E-state index is 13.5. The molecule has 0 saturated heterocycles. The fourth-order valence-electron chi connectivity index (χ4n) is 2.86. The molecule has 0 heterocycles. The molecule has 1 aliphatic carbocycles. The molecule has 0 aromatic heterocycles. The van der Waals surface area contributed by atoms with E-state index in [4.69, 9.17) is 5.84 Å². The van der Waals surface area contributed by atoms with Crippen LogP contribution in [-0.4, -0.2) is 0 Å². The van der Waals surface area contributed by atoms with Crippen LogP contribution in [0.3, 0.4) is 0 Å². The van der Waals surface area contributed by atoms with Gasteiger partial charge in [0.1, 0.15) is 5.82 Å². The fourth-order valence-corrected chi connectivity index (χ4v) is 3.36. The molecule has 1 saturated carbocycles. The van der Waals surface area contributed by atoms with Gasteiger partial charge in [-0.25, -0.2) is 4.39 Å². The van der Waals surface area contributed by atoms with Gasteiger partial charge >= 0.3 is 0 Å². The van der Waals surface area contributed by atoms with E-state index in [1.807, 2.05) is 18.2 Å². The van der Waals surface area contributed by atoms with Crippen LogP contribution in [0, 0.1) is 11.7 Å². The Balaban J connectivity index is 1.84. The minimum Gasteiger partial charge on any atom is -0.271 e. The number of nitrogens with one attached hydrogen (secondary N) is 1. The first kappa shape index (κ1) is 13.7. The first-order valence-corrected chi connectivity index (χ1v) is 7.46. The van der Waals surface area contributed by atoms with E-state index in [0.717, 1.165) is 16.5 Å². The van der Waals surface area contributed by atoms with Crippen molar-refractivity contribution < 1.29 is 4.39 Å². The highest BCUT2D eigenvalue weighted by Gasteiger charge is 2.44. The van der Waals surface area contributed by atoms with Crippen molar-refractivity contribution >= 4 is 15.9 Å². The van der Waals surface area contributed by atoms with Gasteiger partial charge < -0.3 is 0 Å². The SMILES string of the molecule is NNC(c1cc(F)ccc1Br)C1CC1c1ccccc1. The van der Waals surface area contributed by atoms with Crippen molar-refractivity contribution in [1.29, 1.82) is 0 Å². The Kier molecular flexibility index (Phi) is 3.87. The molecule has 0 bridgehead atoms. The van der Waals surface area contributed by atoms with E-state index in [2.05, 4.69) is 33.5 Å².